The summed E-state index contributed by atoms with van der Waals surface area (Å²) in [5.41, 5.74) is 7.79. The molecule has 0 unspecified atom stereocenters. The second-order valence-corrected chi connectivity index (χ2v) is 10.3. The quantitative estimate of drug-likeness (QED) is 0.527. The maximum Gasteiger partial charge on any atom is 0.224 e. The van der Waals surface area contributed by atoms with Crippen LogP contribution in [0, 0.1) is 17.5 Å². The van der Waals surface area contributed by atoms with E-state index in [4.69, 9.17) is 5.73 Å². The van der Waals surface area contributed by atoms with Gasteiger partial charge >= 0.3 is 0 Å². The number of amides is 1. The topological polar surface area (TPSA) is 111 Å². The highest BCUT2D eigenvalue weighted by molar-refractivity contribution is 7.90. The van der Waals surface area contributed by atoms with Crippen LogP contribution >= 0.6 is 0 Å². The average molecular weight is 494 g/mol. The molecular weight excluding hydrogens is 471 g/mol. The van der Waals surface area contributed by atoms with Gasteiger partial charge in [0.15, 0.2) is 21.5 Å². The minimum absolute atomic E-state index is 0.0973. The molecule has 2 heterocycles. The monoisotopic (exact) mass is 493 g/mol. The van der Waals surface area contributed by atoms with Gasteiger partial charge in [-0.3, -0.25) is 4.79 Å². The lowest BCUT2D eigenvalue weighted by Crippen LogP contribution is -2.41. The third-order valence-electron chi connectivity index (χ3n) is 5.68. The molecule has 3 aromatic rings. The van der Waals surface area contributed by atoms with Crippen LogP contribution in [0.2, 0.25) is 0 Å². The Hall–Kier alpha value is -3.25. The summed E-state index contributed by atoms with van der Waals surface area (Å²) in [7, 11) is -3.34. The molecule has 0 aliphatic carbocycles. The smallest absolute Gasteiger partial charge is 0.224 e. The Bertz CT molecular complexity index is 1340. The highest BCUT2D eigenvalue weighted by Gasteiger charge is 2.27. The van der Waals surface area contributed by atoms with Crippen molar-refractivity contribution in [1.82, 2.24) is 19.9 Å². The maximum absolute atomic E-state index is 13.9. The molecule has 0 fully saturated rings. The van der Waals surface area contributed by atoms with Crippen molar-refractivity contribution < 1.29 is 26.4 Å². The molecule has 1 atom stereocenters. The van der Waals surface area contributed by atoms with Gasteiger partial charge in [0.1, 0.15) is 11.5 Å². The molecule has 12 heteroatoms. The average Bonchev–Trinajstić information content (AvgIpc) is 3.20. The summed E-state index contributed by atoms with van der Waals surface area (Å²) in [6.07, 6.45) is 0.885. The predicted molar refractivity (Wildman–Crippen MR) is 117 cm³/mol. The number of benzene rings is 2. The first-order valence-electron chi connectivity index (χ1n) is 10.4. The Morgan fingerprint density at radius 3 is 2.44 bits per heavy atom. The van der Waals surface area contributed by atoms with Gasteiger partial charge in [0.2, 0.25) is 5.91 Å². The van der Waals surface area contributed by atoms with Crippen molar-refractivity contribution in [2.45, 2.75) is 36.9 Å². The van der Waals surface area contributed by atoms with Crippen LogP contribution in [0.25, 0.3) is 11.3 Å². The van der Waals surface area contributed by atoms with Crippen LogP contribution in [-0.4, -0.2) is 53.1 Å². The third-order valence-corrected chi connectivity index (χ3v) is 6.81. The highest BCUT2D eigenvalue weighted by Crippen LogP contribution is 2.26. The molecule has 2 N–H and O–H groups in total. The van der Waals surface area contributed by atoms with Crippen molar-refractivity contribution >= 4 is 15.7 Å². The summed E-state index contributed by atoms with van der Waals surface area (Å²) in [5, 5.41) is 8.31. The fraction of sp³-hybridized carbons (Fsp3) is 0.318. The van der Waals surface area contributed by atoms with Crippen LogP contribution in [0.5, 0.6) is 0 Å². The number of nitrogens with zero attached hydrogens (tertiary/aromatic N) is 4. The summed E-state index contributed by atoms with van der Waals surface area (Å²) in [4.78, 5) is 14.6. The normalized spacial score (nSPS) is 14.7. The summed E-state index contributed by atoms with van der Waals surface area (Å²) in [6, 6.07) is 6.66. The van der Waals surface area contributed by atoms with Crippen LogP contribution in [0.15, 0.2) is 41.3 Å². The van der Waals surface area contributed by atoms with E-state index in [2.05, 4.69) is 10.3 Å². The summed E-state index contributed by atoms with van der Waals surface area (Å²) >= 11 is 0. The van der Waals surface area contributed by atoms with Crippen molar-refractivity contribution in [3.8, 4) is 11.3 Å². The van der Waals surface area contributed by atoms with E-state index in [0.717, 1.165) is 12.3 Å². The minimum Gasteiger partial charge on any atom is -0.335 e. The van der Waals surface area contributed by atoms with E-state index in [1.807, 2.05) is 0 Å². The Labute approximate surface area is 194 Å². The van der Waals surface area contributed by atoms with Crippen LogP contribution in [-0.2, 0) is 34.1 Å². The van der Waals surface area contributed by atoms with Crippen LogP contribution in [0.4, 0.5) is 13.2 Å². The molecule has 1 aliphatic rings. The first-order valence-corrected chi connectivity index (χ1v) is 12.3. The molecule has 0 saturated carbocycles. The van der Waals surface area contributed by atoms with E-state index in [-0.39, 0.29) is 35.8 Å². The van der Waals surface area contributed by atoms with Crippen LogP contribution in [0.1, 0.15) is 17.7 Å². The van der Waals surface area contributed by atoms with Crippen LogP contribution < -0.4 is 5.73 Å². The Kier molecular flexibility index (Phi) is 6.45. The van der Waals surface area contributed by atoms with Gasteiger partial charge in [-0.2, -0.15) is 0 Å². The van der Waals surface area contributed by atoms with Gasteiger partial charge in [-0.05, 0) is 30.2 Å². The van der Waals surface area contributed by atoms with Crippen molar-refractivity contribution in [3.63, 3.8) is 0 Å². The Morgan fingerprint density at radius 2 is 1.76 bits per heavy atom. The van der Waals surface area contributed by atoms with Gasteiger partial charge in [0, 0.05) is 36.9 Å². The van der Waals surface area contributed by atoms with Crippen molar-refractivity contribution in [2.24, 2.45) is 5.73 Å². The van der Waals surface area contributed by atoms with Gasteiger partial charge < -0.3 is 10.6 Å². The van der Waals surface area contributed by atoms with Crippen molar-refractivity contribution in [3.05, 3.63) is 65.1 Å². The van der Waals surface area contributed by atoms with Gasteiger partial charge in [-0.15, -0.1) is 5.10 Å². The maximum atomic E-state index is 13.9. The van der Waals surface area contributed by atoms with E-state index in [1.165, 1.54) is 12.1 Å². The molecule has 180 valence electrons. The SMILES string of the molecule is CS(=O)(=O)c1ccc(-c2nnn3c2CN(C(=O)C[C@H](N)Cc2cc(F)c(F)cc2F)CC3)cc1. The Morgan fingerprint density at radius 1 is 1.09 bits per heavy atom. The van der Waals surface area contributed by atoms with E-state index < -0.39 is 33.3 Å². The molecule has 0 saturated heterocycles. The molecule has 1 aromatic heterocycles. The van der Waals surface area contributed by atoms with E-state index in [0.29, 0.717) is 36.1 Å². The summed E-state index contributed by atoms with van der Waals surface area (Å²) < 4.78 is 65.5. The second-order valence-electron chi connectivity index (χ2n) is 8.25. The van der Waals surface area contributed by atoms with E-state index in [9.17, 15) is 26.4 Å². The number of aromatic nitrogens is 3. The molecule has 8 nitrogen and oxygen atoms in total. The van der Waals surface area contributed by atoms with Gasteiger partial charge in [-0.1, -0.05) is 17.3 Å². The zero-order valence-corrected chi connectivity index (χ0v) is 19.0. The largest absolute Gasteiger partial charge is 0.335 e. The molecule has 0 spiro atoms. The first-order chi connectivity index (χ1) is 16.0. The fourth-order valence-corrected chi connectivity index (χ4v) is 4.50. The van der Waals surface area contributed by atoms with Crippen LogP contribution in [0.3, 0.4) is 0 Å². The third kappa shape index (κ3) is 4.97. The van der Waals surface area contributed by atoms with Crippen molar-refractivity contribution in [2.75, 3.05) is 12.8 Å². The van der Waals surface area contributed by atoms with Crippen molar-refractivity contribution in [1.29, 1.82) is 0 Å². The lowest BCUT2D eigenvalue weighted by atomic mass is 10.0. The number of carbonyl (C=O) groups is 1. The summed E-state index contributed by atoms with van der Waals surface area (Å²) in [6.45, 7) is 0.984. The zero-order valence-electron chi connectivity index (χ0n) is 18.2. The van der Waals surface area contributed by atoms with E-state index in [1.54, 1.807) is 21.7 Å². The van der Waals surface area contributed by atoms with E-state index >= 15 is 0 Å². The molecule has 2 aromatic carbocycles. The molecular formula is C22H22F3N5O3S. The lowest BCUT2D eigenvalue weighted by molar-refractivity contribution is -0.133. The summed E-state index contributed by atoms with van der Waals surface area (Å²) in [5.74, 6) is -3.65. The number of hydrogen-bond acceptors (Lipinski definition) is 6. The first kappa shape index (κ1) is 23.9. The molecule has 1 aliphatic heterocycles. The molecule has 1 amide bonds. The number of hydrogen-bond donors (Lipinski definition) is 1. The Balaban J connectivity index is 1.45. The molecule has 0 radical (unpaired) electrons. The van der Waals surface area contributed by atoms with Gasteiger partial charge in [0.05, 0.1) is 23.7 Å². The standard InChI is InChI=1S/C22H22F3N5O3S/c1-34(32,33)16-4-2-13(3-5-16)22-20-12-29(6-7-30(20)28-27-22)21(31)10-15(26)8-14-9-18(24)19(25)11-17(14)23/h2-5,9,11,15H,6-8,10,12,26H2,1H3/t15-/m1/s1. The van der Waals surface area contributed by atoms with Gasteiger partial charge in [0.25, 0.3) is 0 Å². The molecule has 4 rings (SSSR count). The lowest BCUT2D eigenvalue weighted by Gasteiger charge is -2.28. The van der Waals surface area contributed by atoms with Gasteiger partial charge in [-0.25, -0.2) is 26.3 Å². The minimum atomic E-state index is -3.34. The molecule has 0 bridgehead atoms. The second kappa shape index (κ2) is 9.18. The number of fused-ring (bicyclic) bond motifs is 1. The number of sulfone groups is 1. The fourth-order valence-electron chi connectivity index (χ4n) is 3.87. The number of rotatable bonds is 6. The predicted octanol–water partition coefficient (Wildman–Crippen LogP) is 2.07. The number of nitrogens with two attached hydrogens (primary N) is 1. The molecule has 34 heavy (non-hydrogen) atoms. The highest BCUT2D eigenvalue weighted by atomic mass is 32.2. The number of halogens is 3. The zero-order chi connectivity index (χ0) is 24.6. The number of carbonyl (C=O) groups excluding carboxylic acids is 1.